The van der Waals surface area contributed by atoms with Crippen molar-refractivity contribution < 1.29 is 23.5 Å². The molecule has 3 aromatic carbocycles. The van der Waals surface area contributed by atoms with E-state index in [0.29, 0.717) is 36.4 Å². The van der Waals surface area contributed by atoms with Gasteiger partial charge in [-0.25, -0.2) is 4.39 Å². The van der Waals surface area contributed by atoms with Gasteiger partial charge in [-0.3, -0.25) is 14.5 Å². The predicted octanol–water partition coefficient (Wildman–Crippen LogP) is 4.66. The zero-order valence-corrected chi connectivity index (χ0v) is 21.0. The van der Waals surface area contributed by atoms with Crippen molar-refractivity contribution in [1.82, 2.24) is 15.5 Å². The molecule has 0 saturated heterocycles. The number of ether oxygens (including phenoxy) is 2. The Bertz CT molecular complexity index is 1220. The van der Waals surface area contributed by atoms with Crippen LogP contribution in [-0.4, -0.2) is 43.5 Å². The summed E-state index contributed by atoms with van der Waals surface area (Å²) < 4.78 is 26.1. The maximum atomic E-state index is 14.7. The van der Waals surface area contributed by atoms with E-state index < -0.39 is 5.82 Å². The van der Waals surface area contributed by atoms with E-state index in [-0.39, 0.29) is 29.7 Å². The molecular formula is C29H32FN3O4. The molecule has 0 fully saturated rings. The van der Waals surface area contributed by atoms with E-state index in [4.69, 9.17) is 9.47 Å². The third-order valence-electron chi connectivity index (χ3n) is 6.25. The number of halogens is 1. The second-order valence-electron chi connectivity index (χ2n) is 8.94. The highest BCUT2D eigenvalue weighted by Crippen LogP contribution is 2.34. The Morgan fingerprint density at radius 3 is 2.57 bits per heavy atom. The number of hydrogen-bond donors (Lipinski definition) is 2. The van der Waals surface area contributed by atoms with Gasteiger partial charge in [0.05, 0.1) is 7.11 Å². The SMILES string of the molecule is COc1cc2ccc1Oc1cccc(F)c1CNC(=O)CCCN(Cc1ccccc1)CCCNC2=O. The van der Waals surface area contributed by atoms with Crippen LogP contribution in [0.15, 0.2) is 66.7 Å². The van der Waals surface area contributed by atoms with Crippen molar-refractivity contribution >= 4 is 11.8 Å². The summed E-state index contributed by atoms with van der Waals surface area (Å²) in [5.74, 6) is 0.112. The number of fused-ring (bicyclic) bond motifs is 13. The van der Waals surface area contributed by atoms with Crippen LogP contribution in [0, 0.1) is 5.82 Å². The van der Waals surface area contributed by atoms with Crippen molar-refractivity contribution in [3.05, 3.63) is 89.2 Å². The normalized spacial score (nSPS) is 15.8. The third-order valence-corrected chi connectivity index (χ3v) is 6.25. The standard InChI is InChI=1S/C29H32FN3O4/c1-36-27-18-22-13-14-26(27)37-25-11-5-10-24(30)23(25)19-32-28(34)12-6-16-33(17-7-15-31-29(22)35)20-21-8-3-2-4-9-21/h2-5,8-11,13-14,18H,6-7,12,15-17,19-20H2,1H3,(H,31,35)(H,32,34). The molecule has 194 valence electrons. The quantitative estimate of drug-likeness (QED) is 0.541. The van der Waals surface area contributed by atoms with E-state index >= 15 is 0 Å². The van der Waals surface area contributed by atoms with Crippen LogP contribution in [-0.2, 0) is 17.9 Å². The second kappa shape index (κ2) is 12.9. The van der Waals surface area contributed by atoms with Crippen LogP contribution in [0.1, 0.15) is 40.7 Å². The topological polar surface area (TPSA) is 79.9 Å². The largest absolute Gasteiger partial charge is 0.493 e. The number of nitrogens with one attached hydrogen (secondary N) is 2. The molecule has 0 aliphatic carbocycles. The number of methoxy groups -OCH3 is 1. The van der Waals surface area contributed by atoms with Gasteiger partial charge in [0.2, 0.25) is 5.91 Å². The Hall–Kier alpha value is -3.91. The summed E-state index contributed by atoms with van der Waals surface area (Å²) in [6.07, 6.45) is 1.74. The molecule has 0 saturated carbocycles. The van der Waals surface area contributed by atoms with Crippen molar-refractivity contribution in [3.63, 3.8) is 0 Å². The summed E-state index contributed by atoms with van der Waals surface area (Å²) in [7, 11) is 1.48. The Balaban J connectivity index is 1.56. The molecule has 0 spiro atoms. The number of rotatable bonds is 3. The fourth-order valence-corrected chi connectivity index (χ4v) is 4.27. The minimum Gasteiger partial charge on any atom is -0.493 e. The van der Waals surface area contributed by atoms with Crippen molar-refractivity contribution in [2.24, 2.45) is 0 Å². The number of nitrogens with zero attached hydrogens (tertiary/aromatic N) is 1. The number of carbonyl (C=O) groups excluding carboxylic acids is 2. The fraction of sp³-hybridized carbons (Fsp3) is 0.310. The van der Waals surface area contributed by atoms with Gasteiger partial charge in [-0.05, 0) is 55.3 Å². The first-order valence-corrected chi connectivity index (χ1v) is 12.5. The highest BCUT2D eigenvalue weighted by atomic mass is 19.1. The maximum Gasteiger partial charge on any atom is 0.251 e. The molecule has 2 heterocycles. The molecule has 2 N–H and O–H groups in total. The first kappa shape index (κ1) is 26.2. The van der Waals surface area contributed by atoms with E-state index in [1.54, 1.807) is 30.3 Å². The van der Waals surface area contributed by atoms with Gasteiger partial charge in [-0.2, -0.15) is 0 Å². The summed E-state index contributed by atoms with van der Waals surface area (Å²) in [6.45, 7) is 2.76. The molecule has 0 radical (unpaired) electrons. The molecular weight excluding hydrogens is 473 g/mol. The van der Waals surface area contributed by atoms with E-state index in [9.17, 15) is 14.0 Å². The number of carbonyl (C=O) groups is 2. The molecule has 2 bridgehead atoms. The second-order valence-corrected chi connectivity index (χ2v) is 8.94. The lowest BCUT2D eigenvalue weighted by Crippen LogP contribution is -2.31. The maximum absolute atomic E-state index is 14.7. The van der Waals surface area contributed by atoms with Gasteiger partial charge in [0.25, 0.3) is 5.91 Å². The lowest BCUT2D eigenvalue weighted by atomic mass is 10.1. The minimum absolute atomic E-state index is 0.00260. The summed E-state index contributed by atoms with van der Waals surface area (Å²) in [5, 5.41) is 5.79. The first-order valence-electron chi connectivity index (χ1n) is 12.5. The van der Waals surface area contributed by atoms with Gasteiger partial charge in [0, 0.05) is 43.7 Å². The van der Waals surface area contributed by atoms with E-state index in [1.165, 1.54) is 18.7 Å². The van der Waals surface area contributed by atoms with Gasteiger partial charge in [-0.15, -0.1) is 0 Å². The average molecular weight is 506 g/mol. The molecule has 0 atom stereocenters. The summed E-state index contributed by atoms with van der Waals surface area (Å²) in [5.41, 5.74) is 1.87. The lowest BCUT2D eigenvalue weighted by molar-refractivity contribution is -0.121. The minimum atomic E-state index is -0.479. The van der Waals surface area contributed by atoms with Crippen LogP contribution in [0.25, 0.3) is 0 Å². The number of hydrogen-bond acceptors (Lipinski definition) is 5. The zero-order valence-electron chi connectivity index (χ0n) is 21.0. The Kier molecular flexibility index (Phi) is 9.10. The molecule has 0 unspecified atom stereocenters. The Labute approximate surface area is 216 Å². The molecule has 5 rings (SSSR count). The third kappa shape index (κ3) is 7.30. The van der Waals surface area contributed by atoms with Gasteiger partial charge in [-0.1, -0.05) is 36.4 Å². The van der Waals surface area contributed by atoms with Crippen LogP contribution in [0.5, 0.6) is 17.2 Å². The molecule has 0 aromatic heterocycles. The number of amides is 2. The monoisotopic (exact) mass is 505 g/mol. The molecule has 2 aliphatic heterocycles. The van der Waals surface area contributed by atoms with E-state index in [0.717, 1.165) is 26.1 Å². The lowest BCUT2D eigenvalue weighted by Gasteiger charge is -2.22. The highest BCUT2D eigenvalue weighted by molar-refractivity contribution is 5.94. The molecule has 8 heteroatoms. The van der Waals surface area contributed by atoms with Crippen molar-refractivity contribution in [3.8, 4) is 17.2 Å². The van der Waals surface area contributed by atoms with E-state index in [1.807, 2.05) is 18.2 Å². The smallest absolute Gasteiger partial charge is 0.251 e. The van der Waals surface area contributed by atoms with Gasteiger partial charge < -0.3 is 20.1 Å². The highest BCUT2D eigenvalue weighted by Gasteiger charge is 2.17. The zero-order chi connectivity index (χ0) is 26.0. The molecule has 2 aliphatic rings. The first-order chi connectivity index (χ1) is 18.0. The summed E-state index contributed by atoms with van der Waals surface area (Å²) in [4.78, 5) is 27.6. The predicted molar refractivity (Wildman–Crippen MR) is 139 cm³/mol. The van der Waals surface area contributed by atoms with Crippen LogP contribution in [0.2, 0.25) is 0 Å². The summed E-state index contributed by atoms with van der Waals surface area (Å²) in [6, 6.07) is 19.5. The van der Waals surface area contributed by atoms with Crippen molar-refractivity contribution in [1.29, 1.82) is 0 Å². The van der Waals surface area contributed by atoms with Gasteiger partial charge in [0.15, 0.2) is 11.5 Å². The number of benzene rings is 3. The van der Waals surface area contributed by atoms with Crippen LogP contribution < -0.4 is 20.1 Å². The van der Waals surface area contributed by atoms with Crippen molar-refractivity contribution in [2.75, 3.05) is 26.7 Å². The average Bonchev–Trinajstić information content (AvgIpc) is 2.91. The molecule has 2 amide bonds. The van der Waals surface area contributed by atoms with Gasteiger partial charge in [0.1, 0.15) is 11.6 Å². The molecule has 7 nitrogen and oxygen atoms in total. The van der Waals surface area contributed by atoms with Crippen molar-refractivity contribution in [2.45, 2.75) is 32.4 Å². The Morgan fingerprint density at radius 1 is 0.946 bits per heavy atom. The van der Waals surface area contributed by atoms with Crippen LogP contribution in [0.3, 0.4) is 0 Å². The Morgan fingerprint density at radius 2 is 1.76 bits per heavy atom. The molecule has 3 aromatic rings. The van der Waals surface area contributed by atoms with Crippen LogP contribution >= 0.6 is 0 Å². The van der Waals surface area contributed by atoms with E-state index in [2.05, 4.69) is 27.7 Å². The molecule has 37 heavy (non-hydrogen) atoms. The fourth-order valence-electron chi connectivity index (χ4n) is 4.27. The van der Waals surface area contributed by atoms with Gasteiger partial charge >= 0.3 is 0 Å². The summed E-state index contributed by atoms with van der Waals surface area (Å²) >= 11 is 0. The van der Waals surface area contributed by atoms with Crippen LogP contribution in [0.4, 0.5) is 4.39 Å².